The SMILES string of the molecule is Cc1cccc(-n2nc3ccc(NC(=O)c4cc(Br)ccc4Cl)cc3n2)c1. The zero-order chi connectivity index (χ0) is 19.0. The molecule has 0 bridgehead atoms. The lowest BCUT2D eigenvalue weighted by Crippen LogP contribution is -2.12. The van der Waals surface area contributed by atoms with E-state index in [9.17, 15) is 4.79 Å². The minimum Gasteiger partial charge on any atom is -0.322 e. The third-order valence-electron chi connectivity index (χ3n) is 4.04. The largest absolute Gasteiger partial charge is 0.322 e. The topological polar surface area (TPSA) is 59.8 Å². The number of aryl methyl sites for hydroxylation is 1. The second kappa shape index (κ2) is 7.13. The average Bonchev–Trinajstić information content (AvgIpc) is 3.07. The van der Waals surface area contributed by atoms with Crippen LogP contribution in [0.25, 0.3) is 16.7 Å². The second-order valence-electron chi connectivity index (χ2n) is 6.11. The molecule has 0 radical (unpaired) electrons. The quantitative estimate of drug-likeness (QED) is 0.463. The molecule has 0 unspecified atom stereocenters. The average molecular weight is 442 g/mol. The van der Waals surface area contributed by atoms with Crippen molar-refractivity contribution in [1.82, 2.24) is 15.0 Å². The van der Waals surface area contributed by atoms with Crippen molar-refractivity contribution in [3.8, 4) is 5.69 Å². The molecule has 0 aliphatic heterocycles. The number of fused-ring (bicyclic) bond motifs is 1. The van der Waals surface area contributed by atoms with E-state index in [4.69, 9.17) is 11.6 Å². The molecule has 0 spiro atoms. The molecule has 0 atom stereocenters. The van der Waals surface area contributed by atoms with Crippen molar-refractivity contribution >= 4 is 50.2 Å². The Bertz CT molecular complexity index is 1170. The van der Waals surface area contributed by atoms with Crippen LogP contribution in [-0.4, -0.2) is 20.9 Å². The number of carbonyl (C=O) groups is 1. The Morgan fingerprint density at radius 3 is 2.67 bits per heavy atom. The minimum atomic E-state index is -0.285. The van der Waals surface area contributed by atoms with Gasteiger partial charge >= 0.3 is 0 Å². The predicted molar refractivity (Wildman–Crippen MR) is 111 cm³/mol. The summed E-state index contributed by atoms with van der Waals surface area (Å²) >= 11 is 9.48. The highest BCUT2D eigenvalue weighted by Crippen LogP contribution is 2.23. The van der Waals surface area contributed by atoms with Gasteiger partial charge in [0.2, 0.25) is 0 Å². The lowest BCUT2D eigenvalue weighted by molar-refractivity contribution is 0.102. The molecule has 134 valence electrons. The number of hydrogen-bond acceptors (Lipinski definition) is 3. The summed E-state index contributed by atoms with van der Waals surface area (Å²) in [6.45, 7) is 2.02. The van der Waals surface area contributed by atoms with Crippen molar-refractivity contribution < 1.29 is 4.79 Å². The highest BCUT2D eigenvalue weighted by atomic mass is 79.9. The first-order valence-electron chi connectivity index (χ1n) is 8.20. The van der Waals surface area contributed by atoms with Gasteiger partial charge in [-0.3, -0.25) is 4.79 Å². The van der Waals surface area contributed by atoms with Gasteiger partial charge in [0.1, 0.15) is 11.0 Å². The van der Waals surface area contributed by atoms with Crippen molar-refractivity contribution in [2.45, 2.75) is 6.92 Å². The van der Waals surface area contributed by atoms with E-state index in [1.54, 1.807) is 35.1 Å². The van der Waals surface area contributed by atoms with E-state index in [0.29, 0.717) is 21.8 Å². The summed E-state index contributed by atoms with van der Waals surface area (Å²) in [7, 11) is 0. The minimum absolute atomic E-state index is 0.285. The van der Waals surface area contributed by atoms with E-state index in [2.05, 4.69) is 31.4 Å². The number of nitrogens with zero attached hydrogens (tertiary/aromatic N) is 3. The first-order valence-corrected chi connectivity index (χ1v) is 9.37. The van der Waals surface area contributed by atoms with Crippen LogP contribution in [0.15, 0.2) is 65.1 Å². The van der Waals surface area contributed by atoms with Crippen molar-refractivity contribution in [3.63, 3.8) is 0 Å². The number of amides is 1. The van der Waals surface area contributed by atoms with Gasteiger partial charge in [-0.2, -0.15) is 4.80 Å². The van der Waals surface area contributed by atoms with E-state index < -0.39 is 0 Å². The van der Waals surface area contributed by atoms with Gasteiger partial charge in [-0.25, -0.2) is 0 Å². The van der Waals surface area contributed by atoms with Crippen LogP contribution in [0.5, 0.6) is 0 Å². The maximum Gasteiger partial charge on any atom is 0.257 e. The summed E-state index contributed by atoms with van der Waals surface area (Å²) in [5.41, 5.74) is 4.48. The molecule has 5 nitrogen and oxygen atoms in total. The molecule has 27 heavy (non-hydrogen) atoms. The van der Waals surface area contributed by atoms with Crippen LogP contribution in [0.1, 0.15) is 15.9 Å². The fourth-order valence-corrected chi connectivity index (χ4v) is 3.29. The molecule has 7 heteroatoms. The standard InChI is InChI=1S/C20H14BrClN4O/c1-12-3-2-4-15(9-12)26-24-18-8-6-14(11-19(18)25-26)23-20(27)16-10-13(21)5-7-17(16)22/h2-11H,1H3,(H,23,27). The first kappa shape index (κ1) is 17.7. The Labute approximate surface area is 169 Å². The van der Waals surface area contributed by atoms with Gasteiger partial charge in [0.15, 0.2) is 0 Å². The number of benzene rings is 3. The Kier molecular flexibility index (Phi) is 4.68. The van der Waals surface area contributed by atoms with Crippen LogP contribution in [0.2, 0.25) is 5.02 Å². The fourth-order valence-electron chi connectivity index (χ4n) is 2.73. The molecule has 4 rings (SSSR count). The van der Waals surface area contributed by atoms with E-state index in [0.717, 1.165) is 21.2 Å². The van der Waals surface area contributed by atoms with Gasteiger partial charge < -0.3 is 5.32 Å². The maximum atomic E-state index is 12.5. The van der Waals surface area contributed by atoms with Gasteiger partial charge in [0.05, 0.1) is 16.3 Å². The lowest BCUT2D eigenvalue weighted by Gasteiger charge is -2.07. The molecule has 3 aromatic carbocycles. The first-order chi connectivity index (χ1) is 13.0. The maximum absolute atomic E-state index is 12.5. The predicted octanol–water partition coefficient (Wildman–Crippen LogP) is 5.40. The molecular weight excluding hydrogens is 428 g/mol. The van der Waals surface area contributed by atoms with Crippen molar-refractivity contribution in [3.05, 3.63) is 81.3 Å². The van der Waals surface area contributed by atoms with Crippen molar-refractivity contribution in [1.29, 1.82) is 0 Å². The molecular formula is C20H14BrClN4O. The van der Waals surface area contributed by atoms with E-state index in [-0.39, 0.29) is 5.91 Å². The smallest absolute Gasteiger partial charge is 0.257 e. The van der Waals surface area contributed by atoms with Crippen LogP contribution in [-0.2, 0) is 0 Å². The molecule has 0 aliphatic rings. The molecule has 1 N–H and O–H groups in total. The van der Waals surface area contributed by atoms with Gasteiger partial charge in [0, 0.05) is 10.2 Å². The molecule has 0 saturated heterocycles. The summed E-state index contributed by atoms with van der Waals surface area (Å²) in [6, 6.07) is 18.5. The summed E-state index contributed by atoms with van der Waals surface area (Å²) in [6.07, 6.45) is 0. The molecule has 0 aliphatic carbocycles. The zero-order valence-electron chi connectivity index (χ0n) is 14.3. The second-order valence-corrected chi connectivity index (χ2v) is 7.43. The van der Waals surface area contributed by atoms with Gasteiger partial charge in [-0.15, -0.1) is 10.2 Å². The number of rotatable bonds is 3. The Morgan fingerprint density at radius 1 is 1.04 bits per heavy atom. The lowest BCUT2D eigenvalue weighted by atomic mass is 10.2. The zero-order valence-corrected chi connectivity index (χ0v) is 16.6. The monoisotopic (exact) mass is 440 g/mol. The Balaban J connectivity index is 1.64. The van der Waals surface area contributed by atoms with Crippen molar-refractivity contribution in [2.75, 3.05) is 5.32 Å². The highest BCUT2D eigenvalue weighted by Gasteiger charge is 2.12. The van der Waals surface area contributed by atoms with Gasteiger partial charge in [-0.05, 0) is 61.0 Å². The summed E-state index contributed by atoms with van der Waals surface area (Å²) < 4.78 is 0.786. The van der Waals surface area contributed by atoms with Crippen LogP contribution >= 0.6 is 27.5 Å². The number of aromatic nitrogens is 3. The number of halogens is 2. The number of hydrogen-bond donors (Lipinski definition) is 1. The van der Waals surface area contributed by atoms with Crippen LogP contribution in [0, 0.1) is 6.92 Å². The number of carbonyl (C=O) groups excluding carboxylic acids is 1. The third kappa shape index (κ3) is 3.72. The Morgan fingerprint density at radius 2 is 1.85 bits per heavy atom. The molecule has 1 aromatic heterocycles. The summed E-state index contributed by atoms with van der Waals surface area (Å²) in [4.78, 5) is 14.1. The number of nitrogens with one attached hydrogen (secondary N) is 1. The molecule has 0 fully saturated rings. The molecule has 0 saturated carbocycles. The van der Waals surface area contributed by atoms with Gasteiger partial charge in [0.25, 0.3) is 5.91 Å². The van der Waals surface area contributed by atoms with E-state index >= 15 is 0 Å². The molecule has 4 aromatic rings. The molecule has 1 heterocycles. The normalized spacial score (nSPS) is 10.9. The summed E-state index contributed by atoms with van der Waals surface area (Å²) in [5, 5.41) is 12.3. The van der Waals surface area contributed by atoms with E-state index in [1.807, 2.05) is 37.3 Å². The van der Waals surface area contributed by atoms with Crippen LogP contribution < -0.4 is 5.32 Å². The van der Waals surface area contributed by atoms with Crippen molar-refractivity contribution in [2.24, 2.45) is 0 Å². The summed E-state index contributed by atoms with van der Waals surface area (Å²) in [5.74, 6) is -0.285. The fraction of sp³-hybridized carbons (Fsp3) is 0.0500. The Hall–Kier alpha value is -2.70. The highest BCUT2D eigenvalue weighted by molar-refractivity contribution is 9.10. The number of anilines is 1. The van der Waals surface area contributed by atoms with Crippen LogP contribution in [0.3, 0.4) is 0 Å². The third-order valence-corrected chi connectivity index (χ3v) is 4.87. The van der Waals surface area contributed by atoms with E-state index in [1.165, 1.54) is 0 Å². The van der Waals surface area contributed by atoms with Crippen LogP contribution in [0.4, 0.5) is 5.69 Å². The molecule has 1 amide bonds. The van der Waals surface area contributed by atoms with Gasteiger partial charge in [-0.1, -0.05) is 39.7 Å².